The molecule has 1 saturated heterocycles. The first-order valence-electron chi connectivity index (χ1n) is 7.84. The van der Waals surface area contributed by atoms with Crippen molar-refractivity contribution >= 4 is 29.5 Å². The second kappa shape index (κ2) is 7.30. The van der Waals surface area contributed by atoms with E-state index >= 15 is 0 Å². The number of amides is 4. The van der Waals surface area contributed by atoms with Gasteiger partial charge in [-0.05, 0) is 12.1 Å². The van der Waals surface area contributed by atoms with Gasteiger partial charge in [-0.3, -0.25) is 19.3 Å². The van der Waals surface area contributed by atoms with Gasteiger partial charge < -0.3 is 24.4 Å². The fraction of sp³-hybridized carbons (Fsp3) is 0.375. The van der Waals surface area contributed by atoms with E-state index in [9.17, 15) is 19.2 Å². The number of hydrogen-bond acceptors (Lipinski definition) is 7. The third-order valence-corrected chi connectivity index (χ3v) is 3.71. The molecule has 10 heteroatoms. The lowest BCUT2D eigenvalue weighted by Gasteiger charge is -2.19. The number of nitrogens with one attached hydrogen (secondary N) is 1. The Hall–Kier alpha value is -3.30. The number of urea groups is 1. The lowest BCUT2D eigenvalue weighted by molar-refractivity contribution is -0.149. The number of nitrogens with zero attached hydrogens (tertiary/aromatic N) is 2. The van der Waals surface area contributed by atoms with E-state index in [4.69, 9.17) is 14.2 Å². The third kappa shape index (κ3) is 3.85. The molecule has 26 heavy (non-hydrogen) atoms. The van der Waals surface area contributed by atoms with Gasteiger partial charge in [0.05, 0.1) is 0 Å². The highest BCUT2D eigenvalue weighted by Gasteiger charge is 2.35. The number of ether oxygens (including phenoxy) is 3. The number of esters is 1. The largest absolute Gasteiger partial charge is 0.486 e. The molecule has 0 aliphatic carbocycles. The van der Waals surface area contributed by atoms with Crippen LogP contribution in [0.1, 0.15) is 0 Å². The number of benzene rings is 1. The molecule has 0 bridgehead atoms. The second-order valence-electron chi connectivity index (χ2n) is 5.69. The summed E-state index contributed by atoms with van der Waals surface area (Å²) < 4.78 is 15.6. The van der Waals surface area contributed by atoms with Crippen LogP contribution in [-0.2, 0) is 19.1 Å². The zero-order chi connectivity index (χ0) is 18.7. The molecule has 2 aliphatic rings. The van der Waals surface area contributed by atoms with Crippen LogP contribution in [0.4, 0.5) is 10.5 Å². The summed E-state index contributed by atoms with van der Waals surface area (Å²) in [5.74, 6) is -0.799. The molecule has 10 nitrogen and oxygen atoms in total. The zero-order valence-electron chi connectivity index (χ0n) is 14.0. The molecule has 138 valence electrons. The Bertz CT molecular complexity index is 764. The maximum atomic E-state index is 11.9. The number of anilines is 1. The van der Waals surface area contributed by atoms with E-state index in [-0.39, 0.29) is 6.54 Å². The molecule has 3 rings (SSSR count). The summed E-state index contributed by atoms with van der Waals surface area (Å²) >= 11 is 0. The number of carbonyl (C=O) groups excluding carboxylic acids is 4. The molecule has 1 N–H and O–H groups in total. The molecular formula is C16H17N3O7. The van der Waals surface area contributed by atoms with Gasteiger partial charge in [0.15, 0.2) is 18.1 Å². The van der Waals surface area contributed by atoms with Gasteiger partial charge in [-0.2, -0.15) is 0 Å². The first kappa shape index (κ1) is 17.5. The van der Waals surface area contributed by atoms with E-state index in [1.807, 2.05) is 0 Å². The molecular weight excluding hydrogens is 346 g/mol. The summed E-state index contributed by atoms with van der Waals surface area (Å²) in [6.07, 6.45) is 0. The number of rotatable bonds is 5. The molecule has 2 heterocycles. The lowest BCUT2D eigenvalue weighted by atomic mass is 10.2. The highest BCUT2D eigenvalue weighted by atomic mass is 16.6. The van der Waals surface area contributed by atoms with Crippen molar-refractivity contribution in [3.63, 3.8) is 0 Å². The predicted octanol–water partition coefficient (Wildman–Crippen LogP) is -0.167. The molecule has 4 amide bonds. The minimum absolute atomic E-state index is 0.0866. The van der Waals surface area contributed by atoms with Crippen LogP contribution in [0.3, 0.4) is 0 Å². The van der Waals surface area contributed by atoms with Crippen LogP contribution in [0.5, 0.6) is 11.5 Å². The van der Waals surface area contributed by atoms with E-state index in [2.05, 4.69) is 5.32 Å². The van der Waals surface area contributed by atoms with Crippen LogP contribution >= 0.6 is 0 Å². The van der Waals surface area contributed by atoms with Crippen molar-refractivity contribution < 1.29 is 33.4 Å². The first-order chi connectivity index (χ1) is 12.4. The van der Waals surface area contributed by atoms with Crippen LogP contribution in [0.25, 0.3) is 0 Å². The molecule has 1 fully saturated rings. The average Bonchev–Trinajstić information content (AvgIpc) is 2.86. The maximum Gasteiger partial charge on any atom is 0.327 e. The van der Waals surface area contributed by atoms with Crippen LogP contribution in [-0.4, -0.2) is 73.6 Å². The Kier molecular flexibility index (Phi) is 4.92. The van der Waals surface area contributed by atoms with E-state index in [0.717, 1.165) is 4.90 Å². The fourth-order valence-electron chi connectivity index (χ4n) is 2.46. The first-order valence-corrected chi connectivity index (χ1v) is 7.84. The molecule has 0 radical (unpaired) electrons. The average molecular weight is 363 g/mol. The summed E-state index contributed by atoms with van der Waals surface area (Å²) in [5, 5.41) is 2.56. The van der Waals surface area contributed by atoms with E-state index in [0.29, 0.717) is 30.4 Å². The summed E-state index contributed by atoms with van der Waals surface area (Å²) in [7, 11) is 1.45. The van der Waals surface area contributed by atoms with Gasteiger partial charge in [-0.1, -0.05) is 0 Å². The van der Waals surface area contributed by atoms with Gasteiger partial charge in [0.2, 0.25) is 0 Å². The normalized spacial score (nSPS) is 15.9. The Labute approximate surface area is 148 Å². The highest BCUT2D eigenvalue weighted by molar-refractivity contribution is 6.04. The van der Waals surface area contributed by atoms with Gasteiger partial charge in [0, 0.05) is 18.8 Å². The Morgan fingerprint density at radius 1 is 1.19 bits per heavy atom. The van der Waals surface area contributed by atoms with Gasteiger partial charge in [-0.15, -0.1) is 0 Å². The summed E-state index contributed by atoms with van der Waals surface area (Å²) in [6.45, 7) is -0.271. The van der Waals surface area contributed by atoms with Gasteiger partial charge >= 0.3 is 12.0 Å². The summed E-state index contributed by atoms with van der Waals surface area (Å²) in [5.41, 5.74) is 0.460. The van der Waals surface area contributed by atoms with Gasteiger partial charge in [-0.25, -0.2) is 4.79 Å². The number of hydrogen-bond donors (Lipinski definition) is 1. The molecule has 0 aromatic heterocycles. The topological polar surface area (TPSA) is 114 Å². The molecule has 1 aromatic rings. The van der Waals surface area contributed by atoms with Crippen LogP contribution < -0.4 is 14.8 Å². The van der Waals surface area contributed by atoms with Crippen LogP contribution in [0.2, 0.25) is 0 Å². The number of imide groups is 1. The summed E-state index contributed by atoms with van der Waals surface area (Å²) in [6, 6.07) is 4.32. The maximum absolute atomic E-state index is 11.9. The number of carbonyl (C=O) groups is 4. The predicted molar refractivity (Wildman–Crippen MR) is 86.8 cm³/mol. The zero-order valence-corrected chi connectivity index (χ0v) is 14.0. The quantitative estimate of drug-likeness (QED) is 0.571. The van der Waals surface area contributed by atoms with Crippen LogP contribution in [0.15, 0.2) is 18.2 Å². The second-order valence-corrected chi connectivity index (χ2v) is 5.69. The van der Waals surface area contributed by atoms with Crippen molar-refractivity contribution in [1.29, 1.82) is 0 Å². The van der Waals surface area contributed by atoms with Crippen molar-refractivity contribution in [3.8, 4) is 11.5 Å². The Morgan fingerprint density at radius 3 is 2.62 bits per heavy atom. The van der Waals surface area contributed by atoms with E-state index in [1.165, 1.54) is 11.9 Å². The molecule has 0 saturated carbocycles. The van der Waals surface area contributed by atoms with Gasteiger partial charge in [0.1, 0.15) is 26.3 Å². The van der Waals surface area contributed by atoms with Crippen molar-refractivity contribution in [2.45, 2.75) is 0 Å². The molecule has 2 aliphatic heterocycles. The smallest absolute Gasteiger partial charge is 0.327 e. The van der Waals surface area contributed by atoms with Crippen molar-refractivity contribution in [2.24, 2.45) is 0 Å². The third-order valence-electron chi connectivity index (χ3n) is 3.71. The standard InChI is InChI=1S/C16H17N3O7/c1-18-7-14(21)19(16(18)23)8-15(22)26-9-13(20)17-10-2-3-11-12(6-10)25-5-4-24-11/h2-3,6H,4-5,7-9H2,1H3,(H,17,20). The number of likely N-dealkylation sites (N-methyl/N-ethyl adjacent to an activating group) is 1. The minimum Gasteiger partial charge on any atom is -0.486 e. The molecule has 0 unspecified atom stereocenters. The van der Waals surface area contributed by atoms with Crippen molar-refractivity contribution in [3.05, 3.63) is 18.2 Å². The van der Waals surface area contributed by atoms with Crippen molar-refractivity contribution in [2.75, 3.05) is 45.3 Å². The van der Waals surface area contributed by atoms with Gasteiger partial charge in [0.25, 0.3) is 11.8 Å². The molecule has 0 spiro atoms. The fourth-order valence-corrected chi connectivity index (χ4v) is 2.46. The monoisotopic (exact) mass is 363 g/mol. The van der Waals surface area contributed by atoms with Crippen molar-refractivity contribution in [1.82, 2.24) is 9.80 Å². The summed E-state index contributed by atoms with van der Waals surface area (Å²) in [4.78, 5) is 48.8. The molecule has 0 atom stereocenters. The van der Waals surface area contributed by atoms with Crippen LogP contribution in [0, 0.1) is 0 Å². The Balaban J connectivity index is 1.47. The number of fused-ring (bicyclic) bond motifs is 1. The minimum atomic E-state index is -0.848. The highest BCUT2D eigenvalue weighted by Crippen LogP contribution is 2.32. The SMILES string of the molecule is CN1CC(=O)N(CC(=O)OCC(=O)Nc2ccc3c(c2)OCCO3)C1=O. The Morgan fingerprint density at radius 2 is 1.92 bits per heavy atom. The molecule has 1 aromatic carbocycles. The lowest BCUT2D eigenvalue weighted by Crippen LogP contribution is -2.37. The van der Waals surface area contributed by atoms with E-state index < -0.39 is 37.0 Å². The van der Waals surface area contributed by atoms with E-state index in [1.54, 1.807) is 18.2 Å².